The Bertz CT molecular complexity index is 678. The van der Waals surface area contributed by atoms with Gasteiger partial charge in [0.05, 0.1) is 11.8 Å². The Kier molecular flexibility index (Phi) is 5.40. The van der Waals surface area contributed by atoms with E-state index in [-0.39, 0.29) is 12.0 Å². The molecule has 2 atom stereocenters. The highest BCUT2D eigenvalue weighted by Gasteiger charge is 2.29. The van der Waals surface area contributed by atoms with E-state index < -0.39 is 6.10 Å². The van der Waals surface area contributed by atoms with E-state index >= 15 is 0 Å². The number of nitrogens with one attached hydrogen (secondary N) is 1. The third-order valence-electron chi connectivity index (χ3n) is 3.88. The molecule has 1 aromatic carbocycles. The number of hydrogen-bond acceptors (Lipinski definition) is 5. The van der Waals surface area contributed by atoms with Crippen LogP contribution < -0.4 is 15.8 Å². The van der Waals surface area contributed by atoms with Crippen LogP contribution in [-0.2, 0) is 16.1 Å². The second-order valence-corrected chi connectivity index (χ2v) is 5.69. The monoisotopic (exact) mass is 327 g/mol. The van der Waals surface area contributed by atoms with Crippen molar-refractivity contribution in [1.29, 1.82) is 0 Å². The molecule has 6 nitrogen and oxygen atoms in total. The van der Waals surface area contributed by atoms with E-state index in [9.17, 15) is 4.79 Å². The molecule has 126 valence electrons. The number of carbonyl (C=O) groups excluding carboxylic acids is 1. The molecule has 0 spiro atoms. The summed E-state index contributed by atoms with van der Waals surface area (Å²) in [6.07, 6.45) is 2.79. The molecule has 0 unspecified atom stereocenters. The standard InChI is InChI=1S/C18H21N3O3/c19-11-16-7-8-17(24-16)18(22)21-13-5-3-6-15(10-13)23-12-14-4-1-2-9-20-14/h1-6,9-10,16-17H,7-8,11-12,19H2,(H,21,22)/t16-,17+/m1/s1. The van der Waals surface area contributed by atoms with E-state index in [1.54, 1.807) is 12.3 Å². The molecule has 1 aromatic heterocycles. The minimum Gasteiger partial charge on any atom is -0.487 e. The Morgan fingerprint density at radius 1 is 1.29 bits per heavy atom. The van der Waals surface area contributed by atoms with Gasteiger partial charge < -0.3 is 20.5 Å². The Morgan fingerprint density at radius 2 is 2.21 bits per heavy atom. The Hall–Kier alpha value is -2.44. The number of hydrogen-bond donors (Lipinski definition) is 2. The number of ether oxygens (including phenoxy) is 2. The normalized spacial score (nSPS) is 19.9. The molecule has 3 N–H and O–H groups in total. The lowest BCUT2D eigenvalue weighted by molar-refractivity contribution is -0.126. The van der Waals surface area contributed by atoms with Crippen LogP contribution in [0.2, 0.25) is 0 Å². The van der Waals surface area contributed by atoms with Crippen LogP contribution in [0, 0.1) is 0 Å². The lowest BCUT2D eigenvalue weighted by atomic mass is 10.2. The van der Waals surface area contributed by atoms with Crippen molar-refractivity contribution in [2.75, 3.05) is 11.9 Å². The molecule has 0 saturated carbocycles. The Labute approximate surface area is 141 Å². The zero-order chi connectivity index (χ0) is 16.8. The number of nitrogens with zero attached hydrogens (tertiary/aromatic N) is 1. The van der Waals surface area contributed by atoms with Gasteiger partial charge in [0.15, 0.2) is 0 Å². The predicted molar refractivity (Wildman–Crippen MR) is 90.6 cm³/mol. The highest BCUT2D eigenvalue weighted by Crippen LogP contribution is 2.22. The van der Waals surface area contributed by atoms with E-state index in [2.05, 4.69) is 10.3 Å². The van der Waals surface area contributed by atoms with Crippen LogP contribution in [0.3, 0.4) is 0 Å². The molecular weight excluding hydrogens is 306 g/mol. The first-order valence-electron chi connectivity index (χ1n) is 8.04. The summed E-state index contributed by atoms with van der Waals surface area (Å²) in [5, 5.41) is 2.87. The molecule has 0 aliphatic carbocycles. The van der Waals surface area contributed by atoms with Crippen molar-refractivity contribution >= 4 is 11.6 Å². The summed E-state index contributed by atoms with van der Waals surface area (Å²) in [5.41, 5.74) is 7.10. The molecule has 0 radical (unpaired) electrons. The van der Waals surface area contributed by atoms with Gasteiger partial charge >= 0.3 is 0 Å². The summed E-state index contributed by atoms with van der Waals surface area (Å²) in [6, 6.07) is 13.0. The van der Waals surface area contributed by atoms with Crippen LogP contribution in [0.4, 0.5) is 5.69 Å². The topological polar surface area (TPSA) is 86.5 Å². The van der Waals surface area contributed by atoms with Gasteiger partial charge in [-0.15, -0.1) is 0 Å². The molecule has 2 heterocycles. The molecule has 6 heteroatoms. The molecule has 1 aliphatic rings. The molecule has 0 bridgehead atoms. The van der Waals surface area contributed by atoms with Crippen molar-refractivity contribution < 1.29 is 14.3 Å². The number of anilines is 1. The first kappa shape index (κ1) is 16.4. The van der Waals surface area contributed by atoms with Crippen molar-refractivity contribution in [3.05, 3.63) is 54.4 Å². The number of amides is 1. The van der Waals surface area contributed by atoms with Gasteiger partial charge in [0.2, 0.25) is 0 Å². The van der Waals surface area contributed by atoms with Gasteiger partial charge in [-0.3, -0.25) is 9.78 Å². The summed E-state index contributed by atoms with van der Waals surface area (Å²) in [7, 11) is 0. The van der Waals surface area contributed by atoms with Crippen LogP contribution in [0.15, 0.2) is 48.7 Å². The van der Waals surface area contributed by atoms with E-state index in [1.165, 1.54) is 0 Å². The lowest BCUT2D eigenvalue weighted by Gasteiger charge is -2.13. The van der Waals surface area contributed by atoms with Crippen molar-refractivity contribution in [3.63, 3.8) is 0 Å². The smallest absolute Gasteiger partial charge is 0.253 e. The van der Waals surface area contributed by atoms with Crippen LogP contribution in [-0.4, -0.2) is 29.6 Å². The molecule has 1 amide bonds. The summed E-state index contributed by atoms with van der Waals surface area (Å²) in [4.78, 5) is 16.4. The summed E-state index contributed by atoms with van der Waals surface area (Å²) in [6.45, 7) is 0.822. The van der Waals surface area contributed by atoms with Gasteiger partial charge in [0.25, 0.3) is 5.91 Å². The maximum atomic E-state index is 12.2. The minimum atomic E-state index is -0.434. The van der Waals surface area contributed by atoms with Crippen molar-refractivity contribution in [2.24, 2.45) is 5.73 Å². The Balaban J connectivity index is 1.56. The molecule has 3 rings (SSSR count). The third-order valence-corrected chi connectivity index (χ3v) is 3.88. The van der Waals surface area contributed by atoms with Crippen molar-refractivity contribution in [1.82, 2.24) is 4.98 Å². The number of carbonyl (C=O) groups is 1. The highest BCUT2D eigenvalue weighted by molar-refractivity contribution is 5.94. The summed E-state index contributed by atoms with van der Waals surface area (Å²) in [5.74, 6) is 0.526. The van der Waals surface area contributed by atoms with E-state index in [1.807, 2.05) is 36.4 Å². The predicted octanol–water partition coefficient (Wildman–Crippen LogP) is 2.11. The number of nitrogens with two attached hydrogens (primary N) is 1. The first-order valence-corrected chi connectivity index (χ1v) is 8.04. The molecule has 2 aromatic rings. The average Bonchev–Trinajstić information content (AvgIpc) is 3.11. The molecule has 1 saturated heterocycles. The van der Waals surface area contributed by atoms with Gasteiger partial charge in [0, 0.05) is 24.5 Å². The second kappa shape index (κ2) is 7.90. The quantitative estimate of drug-likeness (QED) is 0.848. The zero-order valence-corrected chi connectivity index (χ0v) is 13.4. The van der Waals surface area contributed by atoms with Crippen LogP contribution in [0.25, 0.3) is 0 Å². The van der Waals surface area contributed by atoms with Gasteiger partial charge in [-0.1, -0.05) is 12.1 Å². The highest BCUT2D eigenvalue weighted by atomic mass is 16.5. The lowest BCUT2D eigenvalue weighted by Crippen LogP contribution is -2.29. The molecule has 24 heavy (non-hydrogen) atoms. The molecule has 1 aliphatic heterocycles. The number of aromatic nitrogens is 1. The van der Waals surface area contributed by atoms with Crippen molar-refractivity contribution in [2.45, 2.75) is 31.7 Å². The fraction of sp³-hybridized carbons (Fsp3) is 0.333. The van der Waals surface area contributed by atoms with E-state index in [0.717, 1.165) is 12.1 Å². The van der Waals surface area contributed by atoms with Gasteiger partial charge in [-0.25, -0.2) is 0 Å². The summed E-state index contributed by atoms with van der Waals surface area (Å²) < 4.78 is 11.3. The van der Waals surface area contributed by atoms with Crippen LogP contribution in [0.5, 0.6) is 5.75 Å². The minimum absolute atomic E-state index is 0.0196. The Morgan fingerprint density at radius 3 is 2.96 bits per heavy atom. The first-order chi connectivity index (χ1) is 11.7. The number of rotatable bonds is 6. The SMILES string of the molecule is NC[C@H]1CC[C@@H](C(=O)Nc2cccc(OCc3ccccn3)c2)O1. The third kappa shape index (κ3) is 4.31. The van der Waals surface area contributed by atoms with Crippen LogP contribution >= 0.6 is 0 Å². The van der Waals surface area contributed by atoms with Gasteiger partial charge in [0.1, 0.15) is 18.5 Å². The zero-order valence-electron chi connectivity index (χ0n) is 13.4. The van der Waals surface area contributed by atoms with Crippen molar-refractivity contribution in [3.8, 4) is 5.75 Å². The molecule has 1 fully saturated rings. The fourth-order valence-corrected chi connectivity index (χ4v) is 2.60. The molecular formula is C18H21N3O3. The number of benzene rings is 1. The van der Waals surface area contributed by atoms with Gasteiger partial charge in [-0.2, -0.15) is 0 Å². The van der Waals surface area contributed by atoms with E-state index in [4.69, 9.17) is 15.2 Å². The number of pyridine rings is 1. The van der Waals surface area contributed by atoms with Crippen LogP contribution in [0.1, 0.15) is 18.5 Å². The largest absolute Gasteiger partial charge is 0.487 e. The maximum absolute atomic E-state index is 12.2. The fourth-order valence-electron chi connectivity index (χ4n) is 2.60. The summed E-state index contributed by atoms with van der Waals surface area (Å²) >= 11 is 0. The maximum Gasteiger partial charge on any atom is 0.253 e. The second-order valence-electron chi connectivity index (χ2n) is 5.69. The average molecular weight is 327 g/mol. The van der Waals surface area contributed by atoms with E-state index in [0.29, 0.717) is 31.0 Å². The van der Waals surface area contributed by atoms with Gasteiger partial charge in [-0.05, 0) is 37.1 Å².